The molecule has 5 nitrogen and oxygen atoms in total. The van der Waals surface area contributed by atoms with Gasteiger partial charge in [-0.2, -0.15) is 0 Å². The van der Waals surface area contributed by atoms with E-state index in [2.05, 4.69) is 5.32 Å². The molecule has 0 unspecified atom stereocenters. The van der Waals surface area contributed by atoms with E-state index >= 15 is 0 Å². The van der Waals surface area contributed by atoms with Gasteiger partial charge in [-0.15, -0.1) is 0 Å². The van der Waals surface area contributed by atoms with E-state index in [-0.39, 0.29) is 12.0 Å². The first kappa shape index (κ1) is 15.3. The number of rotatable bonds is 6. The zero-order chi connectivity index (χ0) is 14.5. The summed E-state index contributed by atoms with van der Waals surface area (Å²) in [6, 6.07) is 4.85. The first-order chi connectivity index (χ1) is 8.84. The van der Waals surface area contributed by atoms with E-state index in [1.165, 1.54) is 19.2 Å². The molecule has 0 aliphatic carbocycles. The van der Waals surface area contributed by atoms with E-state index < -0.39 is 38.9 Å². The zero-order valence-electron chi connectivity index (χ0n) is 10.3. The highest BCUT2D eigenvalue weighted by molar-refractivity contribution is 7.92. The molecule has 1 aromatic carbocycles. The van der Waals surface area contributed by atoms with Gasteiger partial charge in [0.15, 0.2) is 15.6 Å². The Bertz CT molecular complexity index is 566. The fourth-order valence-corrected chi connectivity index (χ4v) is 2.56. The van der Waals surface area contributed by atoms with Crippen LogP contribution in [-0.4, -0.2) is 38.7 Å². The Morgan fingerprint density at radius 1 is 1.21 bits per heavy atom. The molecule has 1 N–H and O–H groups in total. The molecule has 0 aliphatic heterocycles. The lowest BCUT2D eigenvalue weighted by atomic mass is 10.1. The number of carbonyl (C=O) groups is 2. The number of Topliss-reactive ketones (excluding diaryl/α,β-unsaturated/α-hetero) is 1. The van der Waals surface area contributed by atoms with E-state index in [0.717, 1.165) is 12.1 Å². The van der Waals surface area contributed by atoms with Gasteiger partial charge in [0.2, 0.25) is 5.91 Å². The van der Waals surface area contributed by atoms with Crippen molar-refractivity contribution in [3.63, 3.8) is 0 Å². The SMILES string of the molecule is CNC(=O)CS(=O)(=O)CCC(=O)c1ccc(F)cc1. The van der Waals surface area contributed by atoms with Crippen molar-refractivity contribution in [2.75, 3.05) is 18.6 Å². The molecule has 1 rings (SSSR count). The summed E-state index contributed by atoms with van der Waals surface area (Å²) in [4.78, 5) is 22.6. The lowest BCUT2D eigenvalue weighted by Crippen LogP contribution is -2.28. The summed E-state index contributed by atoms with van der Waals surface area (Å²) in [6.45, 7) is 0. The summed E-state index contributed by atoms with van der Waals surface area (Å²) in [5.41, 5.74) is 0.247. The summed E-state index contributed by atoms with van der Waals surface area (Å²) >= 11 is 0. The molecule has 0 saturated carbocycles. The summed E-state index contributed by atoms with van der Waals surface area (Å²) in [6.07, 6.45) is -0.231. The predicted octanol–water partition coefficient (Wildman–Crippen LogP) is 0.559. The lowest BCUT2D eigenvalue weighted by Gasteiger charge is -2.03. The minimum Gasteiger partial charge on any atom is -0.358 e. The average Bonchev–Trinajstić information content (AvgIpc) is 2.36. The smallest absolute Gasteiger partial charge is 0.234 e. The number of hydrogen-bond donors (Lipinski definition) is 1. The largest absolute Gasteiger partial charge is 0.358 e. The van der Waals surface area contributed by atoms with Crippen molar-refractivity contribution in [3.8, 4) is 0 Å². The van der Waals surface area contributed by atoms with Crippen LogP contribution in [-0.2, 0) is 14.6 Å². The van der Waals surface area contributed by atoms with Gasteiger partial charge in [-0.1, -0.05) is 0 Å². The first-order valence-corrected chi connectivity index (χ1v) is 7.36. The van der Waals surface area contributed by atoms with Crippen LogP contribution in [0.3, 0.4) is 0 Å². The van der Waals surface area contributed by atoms with Crippen molar-refractivity contribution in [1.82, 2.24) is 5.32 Å². The monoisotopic (exact) mass is 287 g/mol. The van der Waals surface area contributed by atoms with Crippen LogP contribution in [0.2, 0.25) is 0 Å². The van der Waals surface area contributed by atoms with Crippen molar-refractivity contribution >= 4 is 21.5 Å². The van der Waals surface area contributed by atoms with Gasteiger partial charge in [-0.25, -0.2) is 12.8 Å². The quantitative estimate of drug-likeness (QED) is 0.775. The number of carbonyl (C=O) groups excluding carboxylic acids is 2. The van der Waals surface area contributed by atoms with E-state index in [1.54, 1.807) is 0 Å². The van der Waals surface area contributed by atoms with Crippen LogP contribution >= 0.6 is 0 Å². The van der Waals surface area contributed by atoms with E-state index in [1.807, 2.05) is 0 Å². The summed E-state index contributed by atoms with van der Waals surface area (Å²) in [5.74, 6) is -2.53. The molecule has 0 radical (unpaired) electrons. The Hall–Kier alpha value is -1.76. The number of ketones is 1. The third-order valence-electron chi connectivity index (χ3n) is 2.44. The molecule has 19 heavy (non-hydrogen) atoms. The lowest BCUT2D eigenvalue weighted by molar-refractivity contribution is -0.118. The van der Waals surface area contributed by atoms with Gasteiger partial charge in [-0.3, -0.25) is 9.59 Å². The molecule has 0 atom stereocenters. The molecule has 104 valence electrons. The normalized spacial score (nSPS) is 11.1. The average molecular weight is 287 g/mol. The third-order valence-corrected chi connectivity index (χ3v) is 3.96. The number of amides is 1. The predicted molar refractivity (Wildman–Crippen MR) is 68.1 cm³/mol. The maximum Gasteiger partial charge on any atom is 0.234 e. The molecular weight excluding hydrogens is 273 g/mol. The topological polar surface area (TPSA) is 80.3 Å². The maximum absolute atomic E-state index is 12.7. The van der Waals surface area contributed by atoms with Crippen LogP contribution in [0.4, 0.5) is 4.39 Å². The van der Waals surface area contributed by atoms with Crippen molar-refractivity contribution in [1.29, 1.82) is 0 Å². The molecule has 7 heteroatoms. The molecule has 1 amide bonds. The van der Waals surface area contributed by atoms with Crippen LogP contribution in [0.1, 0.15) is 16.8 Å². The zero-order valence-corrected chi connectivity index (χ0v) is 11.2. The molecule has 0 fully saturated rings. The van der Waals surface area contributed by atoms with Gasteiger partial charge >= 0.3 is 0 Å². The second-order valence-electron chi connectivity index (χ2n) is 3.95. The highest BCUT2D eigenvalue weighted by Gasteiger charge is 2.18. The number of sulfone groups is 1. The molecule has 0 heterocycles. The Labute approximate surface area is 110 Å². The van der Waals surface area contributed by atoms with Crippen LogP contribution in [0.5, 0.6) is 0 Å². The Balaban J connectivity index is 2.59. The standard InChI is InChI=1S/C12H14FNO4S/c1-14-12(16)8-19(17,18)7-6-11(15)9-2-4-10(13)5-3-9/h2-5H,6-8H2,1H3,(H,14,16). The highest BCUT2D eigenvalue weighted by Crippen LogP contribution is 2.07. The third kappa shape index (κ3) is 5.17. The van der Waals surface area contributed by atoms with Crippen LogP contribution < -0.4 is 5.32 Å². The fourth-order valence-electron chi connectivity index (χ4n) is 1.37. The number of halogens is 1. The fraction of sp³-hybridized carbons (Fsp3) is 0.333. The number of nitrogens with one attached hydrogen (secondary N) is 1. The van der Waals surface area contributed by atoms with Gasteiger partial charge in [0.1, 0.15) is 11.6 Å². The first-order valence-electron chi connectivity index (χ1n) is 5.54. The van der Waals surface area contributed by atoms with Crippen molar-refractivity contribution < 1.29 is 22.4 Å². The van der Waals surface area contributed by atoms with E-state index in [9.17, 15) is 22.4 Å². The minimum atomic E-state index is -3.61. The summed E-state index contributed by atoms with van der Waals surface area (Å²) in [7, 11) is -2.28. The second kappa shape index (κ2) is 6.42. The van der Waals surface area contributed by atoms with Gasteiger partial charge in [-0.05, 0) is 24.3 Å². The molecule has 1 aromatic rings. The Kier molecular flexibility index (Phi) is 5.17. The van der Waals surface area contributed by atoms with Crippen LogP contribution in [0.25, 0.3) is 0 Å². The van der Waals surface area contributed by atoms with E-state index in [4.69, 9.17) is 0 Å². The summed E-state index contributed by atoms with van der Waals surface area (Å²) < 4.78 is 35.7. The van der Waals surface area contributed by atoms with Crippen LogP contribution in [0, 0.1) is 5.82 Å². The Morgan fingerprint density at radius 3 is 2.32 bits per heavy atom. The molecule has 0 aromatic heterocycles. The van der Waals surface area contributed by atoms with E-state index in [0.29, 0.717) is 0 Å². The van der Waals surface area contributed by atoms with Crippen molar-refractivity contribution in [2.24, 2.45) is 0 Å². The van der Waals surface area contributed by atoms with Gasteiger partial charge < -0.3 is 5.32 Å². The van der Waals surface area contributed by atoms with Crippen molar-refractivity contribution in [2.45, 2.75) is 6.42 Å². The Morgan fingerprint density at radius 2 is 1.79 bits per heavy atom. The van der Waals surface area contributed by atoms with Crippen LogP contribution in [0.15, 0.2) is 24.3 Å². The molecule has 0 bridgehead atoms. The van der Waals surface area contributed by atoms with Crippen molar-refractivity contribution in [3.05, 3.63) is 35.6 Å². The second-order valence-corrected chi connectivity index (χ2v) is 6.13. The maximum atomic E-state index is 12.7. The number of hydrogen-bond acceptors (Lipinski definition) is 4. The van der Waals surface area contributed by atoms with Gasteiger partial charge in [0.25, 0.3) is 0 Å². The summed E-state index contributed by atoms with van der Waals surface area (Å²) in [5, 5.41) is 2.20. The van der Waals surface area contributed by atoms with Gasteiger partial charge in [0.05, 0.1) is 5.75 Å². The molecule has 0 spiro atoms. The minimum absolute atomic E-state index is 0.231. The van der Waals surface area contributed by atoms with Gasteiger partial charge in [0, 0.05) is 19.0 Å². The molecule has 0 aliphatic rings. The molecule has 0 saturated heterocycles. The number of benzene rings is 1. The molecular formula is C12H14FNO4S. The highest BCUT2D eigenvalue weighted by atomic mass is 32.2.